The van der Waals surface area contributed by atoms with Crippen molar-refractivity contribution in [2.45, 2.75) is 0 Å². The highest BCUT2D eigenvalue weighted by molar-refractivity contribution is 7.20. The van der Waals surface area contributed by atoms with Crippen LogP contribution in [0.5, 0.6) is 0 Å². The van der Waals surface area contributed by atoms with Crippen LogP contribution in [0.3, 0.4) is 0 Å². The molecule has 4 nitrogen and oxygen atoms in total. The number of rotatable bonds is 2. The van der Waals surface area contributed by atoms with Gasteiger partial charge in [-0.3, -0.25) is 5.41 Å². The van der Waals surface area contributed by atoms with Crippen LogP contribution in [-0.4, -0.2) is 23.0 Å². The Kier molecular flexibility index (Phi) is 2.48. The van der Waals surface area contributed by atoms with Gasteiger partial charge in [-0.15, -0.1) is 11.3 Å². The number of hydrogen-bond acceptors (Lipinski definition) is 4. The molecule has 0 atom stereocenters. The van der Waals surface area contributed by atoms with Crippen molar-refractivity contribution in [1.82, 2.24) is 0 Å². The quantitative estimate of drug-likeness (QED) is 0.322. The van der Waals surface area contributed by atoms with E-state index in [1.165, 1.54) is 11.3 Å². The van der Waals surface area contributed by atoms with Gasteiger partial charge in [0.05, 0.1) is 4.88 Å². The van der Waals surface area contributed by atoms with Crippen LogP contribution in [-0.2, 0) is 0 Å². The van der Waals surface area contributed by atoms with Crippen molar-refractivity contribution in [3.63, 3.8) is 0 Å². The molecule has 5 N–H and O–H groups in total. The van der Waals surface area contributed by atoms with Crippen molar-refractivity contribution < 1.29 is 10.0 Å². The topological polar surface area (TPSA) is 90.3 Å². The van der Waals surface area contributed by atoms with Crippen LogP contribution in [0.25, 0.3) is 10.1 Å². The SMILES string of the molecule is N=C(N)c1cc2cc(B(O)O)ccc2s1. The smallest absolute Gasteiger partial charge is 0.423 e. The Bertz CT molecular complexity index is 524. The summed E-state index contributed by atoms with van der Waals surface area (Å²) in [6, 6.07) is 6.89. The predicted molar refractivity (Wildman–Crippen MR) is 62.7 cm³/mol. The Balaban J connectivity index is 2.57. The summed E-state index contributed by atoms with van der Waals surface area (Å²) in [6.07, 6.45) is 0. The number of benzene rings is 1. The fourth-order valence-electron chi connectivity index (χ4n) is 1.36. The molecule has 0 unspecified atom stereocenters. The largest absolute Gasteiger partial charge is 0.488 e. The van der Waals surface area contributed by atoms with Crippen molar-refractivity contribution in [3.05, 3.63) is 29.1 Å². The zero-order chi connectivity index (χ0) is 11.0. The molecule has 1 heterocycles. The number of fused-ring (bicyclic) bond motifs is 1. The number of nitrogen functional groups attached to an aromatic ring is 1. The molecule has 0 saturated carbocycles. The first-order valence-corrected chi connectivity index (χ1v) is 5.13. The number of thiophene rings is 1. The average molecular weight is 220 g/mol. The third kappa shape index (κ3) is 1.87. The van der Waals surface area contributed by atoms with E-state index < -0.39 is 7.12 Å². The Morgan fingerprint density at radius 3 is 2.67 bits per heavy atom. The van der Waals surface area contributed by atoms with Gasteiger partial charge in [0.15, 0.2) is 0 Å². The van der Waals surface area contributed by atoms with E-state index in [0.717, 1.165) is 10.1 Å². The van der Waals surface area contributed by atoms with E-state index in [1.807, 2.05) is 0 Å². The summed E-state index contributed by atoms with van der Waals surface area (Å²) in [6.45, 7) is 0. The van der Waals surface area contributed by atoms with Gasteiger partial charge in [0.1, 0.15) is 5.84 Å². The Morgan fingerprint density at radius 1 is 1.33 bits per heavy atom. The van der Waals surface area contributed by atoms with E-state index >= 15 is 0 Å². The molecule has 0 radical (unpaired) electrons. The van der Waals surface area contributed by atoms with Crippen molar-refractivity contribution in [1.29, 1.82) is 5.41 Å². The highest BCUT2D eigenvalue weighted by Crippen LogP contribution is 2.24. The van der Waals surface area contributed by atoms with Gasteiger partial charge in [-0.25, -0.2) is 0 Å². The Labute approximate surface area is 90.6 Å². The lowest BCUT2D eigenvalue weighted by Crippen LogP contribution is -2.29. The van der Waals surface area contributed by atoms with Gasteiger partial charge in [-0.1, -0.05) is 12.1 Å². The molecule has 2 aromatic rings. The van der Waals surface area contributed by atoms with Crippen LogP contribution < -0.4 is 11.2 Å². The Hall–Kier alpha value is -1.37. The van der Waals surface area contributed by atoms with Crippen LogP contribution in [0.2, 0.25) is 0 Å². The molecule has 0 aliphatic rings. The maximum atomic E-state index is 8.99. The molecule has 1 aromatic carbocycles. The molecule has 15 heavy (non-hydrogen) atoms. The Morgan fingerprint density at radius 2 is 2.07 bits per heavy atom. The summed E-state index contributed by atoms with van der Waals surface area (Å²) < 4.78 is 0.976. The van der Waals surface area contributed by atoms with Gasteiger partial charge in [-0.05, 0) is 23.0 Å². The van der Waals surface area contributed by atoms with Gasteiger partial charge >= 0.3 is 7.12 Å². The maximum absolute atomic E-state index is 8.99. The highest BCUT2D eigenvalue weighted by atomic mass is 32.1. The van der Waals surface area contributed by atoms with E-state index in [4.69, 9.17) is 21.2 Å². The highest BCUT2D eigenvalue weighted by Gasteiger charge is 2.12. The summed E-state index contributed by atoms with van der Waals surface area (Å²) in [5.41, 5.74) is 5.81. The lowest BCUT2D eigenvalue weighted by Gasteiger charge is -1.97. The zero-order valence-corrected chi connectivity index (χ0v) is 8.58. The van der Waals surface area contributed by atoms with Crippen LogP contribution in [0.4, 0.5) is 0 Å². The molecule has 0 spiro atoms. The average Bonchev–Trinajstić information content (AvgIpc) is 2.59. The van der Waals surface area contributed by atoms with Crippen molar-refractivity contribution >= 4 is 39.8 Å². The monoisotopic (exact) mass is 220 g/mol. The molecule has 6 heteroatoms. The normalized spacial score (nSPS) is 10.5. The molecule has 0 bridgehead atoms. The van der Waals surface area contributed by atoms with Gasteiger partial charge in [0, 0.05) is 4.70 Å². The fraction of sp³-hybridized carbons (Fsp3) is 0. The zero-order valence-electron chi connectivity index (χ0n) is 7.77. The van der Waals surface area contributed by atoms with E-state index in [0.29, 0.717) is 10.3 Å². The molecular weight excluding hydrogens is 211 g/mol. The molecule has 76 valence electrons. The van der Waals surface area contributed by atoms with E-state index in [9.17, 15) is 0 Å². The van der Waals surface area contributed by atoms with Crippen LogP contribution in [0.15, 0.2) is 24.3 Å². The minimum Gasteiger partial charge on any atom is -0.423 e. The molecule has 0 aliphatic carbocycles. The third-order valence-corrected chi connectivity index (χ3v) is 3.25. The first kappa shape index (κ1) is 10.2. The summed E-state index contributed by atoms with van der Waals surface area (Å²) >= 11 is 1.41. The van der Waals surface area contributed by atoms with E-state index in [1.54, 1.807) is 24.3 Å². The molecule has 1 aromatic heterocycles. The molecule has 0 fully saturated rings. The molecule has 0 saturated heterocycles. The molecule has 0 aliphatic heterocycles. The minimum absolute atomic E-state index is 0.0299. The number of nitrogens with one attached hydrogen (secondary N) is 1. The first-order valence-electron chi connectivity index (χ1n) is 4.32. The van der Waals surface area contributed by atoms with Crippen molar-refractivity contribution in [2.24, 2.45) is 5.73 Å². The lowest BCUT2D eigenvalue weighted by atomic mass is 9.80. The second kappa shape index (κ2) is 3.65. The van der Waals surface area contributed by atoms with E-state index in [2.05, 4.69) is 0 Å². The number of hydrogen-bond donors (Lipinski definition) is 4. The van der Waals surface area contributed by atoms with E-state index in [-0.39, 0.29) is 5.84 Å². The van der Waals surface area contributed by atoms with Crippen LogP contribution in [0, 0.1) is 5.41 Å². The number of nitrogens with two attached hydrogens (primary N) is 1. The predicted octanol–water partition coefficient (Wildman–Crippen LogP) is -0.135. The molecule has 0 amide bonds. The maximum Gasteiger partial charge on any atom is 0.488 e. The van der Waals surface area contributed by atoms with Gasteiger partial charge in [0.25, 0.3) is 0 Å². The number of amidine groups is 1. The van der Waals surface area contributed by atoms with Gasteiger partial charge in [0.2, 0.25) is 0 Å². The standard InChI is InChI=1S/C9H9BN2O2S/c11-9(12)8-4-5-3-6(10(13)14)1-2-7(5)15-8/h1-4,13-14H,(H3,11,12). The van der Waals surface area contributed by atoms with Crippen molar-refractivity contribution in [2.75, 3.05) is 0 Å². The van der Waals surface area contributed by atoms with Gasteiger partial charge in [-0.2, -0.15) is 0 Å². The lowest BCUT2D eigenvalue weighted by molar-refractivity contribution is 0.426. The second-order valence-electron chi connectivity index (χ2n) is 3.20. The summed E-state index contributed by atoms with van der Waals surface area (Å²) in [7, 11) is -1.46. The summed E-state index contributed by atoms with van der Waals surface area (Å²) in [5, 5.41) is 26.1. The summed E-state index contributed by atoms with van der Waals surface area (Å²) in [5.74, 6) is 0.0299. The van der Waals surface area contributed by atoms with Crippen molar-refractivity contribution in [3.8, 4) is 0 Å². The molecular formula is C9H9BN2O2S. The minimum atomic E-state index is -1.46. The first-order chi connectivity index (χ1) is 7.08. The fourth-order valence-corrected chi connectivity index (χ4v) is 2.26. The molecule has 2 rings (SSSR count). The van der Waals surface area contributed by atoms with Crippen LogP contribution >= 0.6 is 11.3 Å². The second-order valence-corrected chi connectivity index (χ2v) is 4.28. The van der Waals surface area contributed by atoms with Gasteiger partial charge < -0.3 is 15.8 Å². The van der Waals surface area contributed by atoms with Crippen LogP contribution in [0.1, 0.15) is 4.88 Å². The summed E-state index contributed by atoms with van der Waals surface area (Å²) in [4.78, 5) is 0.689. The third-order valence-electron chi connectivity index (χ3n) is 2.10.